The number of carbonyl (C=O) groups is 1. The summed E-state index contributed by atoms with van der Waals surface area (Å²) in [7, 11) is 0. The fourth-order valence-corrected chi connectivity index (χ4v) is 3.01. The Hall–Kier alpha value is -3.51. The van der Waals surface area contributed by atoms with Gasteiger partial charge in [0, 0.05) is 23.6 Å². The highest BCUT2D eigenvalue weighted by molar-refractivity contribution is 6.02. The van der Waals surface area contributed by atoms with E-state index in [-0.39, 0.29) is 5.91 Å². The Kier molecular flexibility index (Phi) is 6.04. The van der Waals surface area contributed by atoms with Crippen LogP contribution in [0, 0.1) is 0 Å². The molecule has 0 saturated carbocycles. The smallest absolute Gasteiger partial charge is 0.352 e. The molecule has 5 nitrogen and oxygen atoms in total. The van der Waals surface area contributed by atoms with Gasteiger partial charge >= 0.3 is 6.18 Å². The van der Waals surface area contributed by atoms with Crippen molar-refractivity contribution in [1.29, 1.82) is 0 Å². The summed E-state index contributed by atoms with van der Waals surface area (Å²) < 4.78 is 38.4. The number of rotatable bonds is 6. The summed E-state index contributed by atoms with van der Waals surface area (Å²) in [5, 5.41) is 7.82. The van der Waals surface area contributed by atoms with Gasteiger partial charge in [0.15, 0.2) is 0 Å². The van der Waals surface area contributed by atoms with Crippen molar-refractivity contribution in [3.8, 4) is 11.1 Å². The van der Waals surface area contributed by atoms with Gasteiger partial charge in [-0.25, -0.2) is 0 Å². The predicted octanol–water partition coefficient (Wildman–Crippen LogP) is 5.96. The third-order valence-electron chi connectivity index (χ3n) is 4.45. The minimum absolute atomic E-state index is 0.243. The van der Waals surface area contributed by atoms with Gasteiger partial charge in [-0.2, -0.15) is 13.2 Å². The normalized spacial score (nSPS) is 11.1. The summed E-state index contributed by atoms with van der Waals surface area (Å²) in [6, 6.07) is 15.7. The zero-order valence-corrected chi connectivity index (χ0v) is 15.3. The number of alkyl halides is 3. The lowest BCUT2D eigenvalue weighted by atomic mass is 9.96. The molecule has 0 radical (unpaired) electrons. The molecule has 0 aliphatic rings. The number of hydrogen-bond donors (Lipinski definition) is 1. The average Bonchev–Trinajstić information content (AvgIpc) is 2.72. The number of amides is 1. The molecule has 0 bridgehead atoms. The number of azide groups is 1. The van der Waals surface area contributed by atoms with E-state index >= 15 is 0 Å². The molecule has 3 aromatic rings. The number of halogens is 3. The number of nitrogens with zero attached hydrogens (tertiary/aromatic N) is 3. The molecular weight excluding hydrogens is 381 g/mol. The van der Waals surface area contributed by atoms with Gasteiger partial charge < -0.3 is 5.32 Å². The van der Waals surface area contributed by atoms with Crippen LogP contribution in [0.5, 0.6) is 0 Å². The second-order valence-electron chi connectivity index (χ2n) is 6.38. The Morgan fingerprint density at radius 3 is 2.52 bits per heavy atom. The Labute approximate surface area is 164 Å². The predicted molar refractivity (Wildman–Crippen MR) is 105 cm³/mol. The number of carbonyl (C=O) groups excluding carboxylic acids is 1. The molecule has 29 heavy (non-hydrogen) atoms. The van der Waals surface area contributed by atoms with E-state index in [4.69, 9.17) is 5.53 Å². The Morgan fingerprint density at radius 2 is 1.83 bits per heavy atom. The van der Waals surface area contributed by atoms with Crippen molar-refractivity contribution in [1.82, 2.24) is 5.32 Å². The van der Waals surface area contributed by atoms with E-state index in [0.29, 0.717) is 30.6 Å². The van der Waals surface area contributed by atoms with Crippen LogP contribution in [0.15, 0.2) is 65.8 Å². The largest absolute Gasteiger partial charge is 0.416 e. The highest BCUT2D eigenvalue weighted by Crippen LogP contribution is 2.33. The fraction of sp³-hybridized carbons (Fsp3) is 0.190. The van der Waals surface area contributed by atoms with E-state index in [2.05, 4.69) is 15.3 Å². The summed E-state index contributed by atoms with van der Waals surface area (Å²) in [4.78, 5) is 14.9. The average molecular weight is 398 g/mol. The van der Waals surface area contributed by atoms with Crippen LogP contribution >= 0.6 is 0 Å². The first-order valence-corrected chi connectivity index (χ1v) is 8.89. The van der Waals surface area contributed by atoms with Crippen molar-refractivity contribution >= 4 is 16.7 Å². The van der Waals surface area contributed by atoms with Gasteiger partial charge in [-0.3, -0.25) is 4.79 Å². The number of benzene rings is 3. The highest BCUT2D eigenvalue weighted by Gasteiger charge is 2.30. The molecule has 1 amide bonds. The van der Waals surface area contributed by atoms with Crippen molar-refractivity contribution in [2.45, 2.75) is 12.6 Å². The van der Waals surface area contributed by atoms with Crippen molar-refractivity contribution < 1.29 is 18.0 Å². The maximum Gasteiger partial charge on any atom is 0.416 e. The molecular formula is C21H17F3N4O. The van der Waals surface area contributed by atoms with Crippen LogP contribution in [-0.4, -0.2) is 19.0 Å². The zero-order valence-electron chi connectivity index (χ0n) is 15.3. The van der Waals surface area contributed by atoms with Crippen LogP contribution in [-0.2, 0) is 6.18 Å². The van der Waals surface area contributed by atoms with Gasteiger partial charge in [-0.1, -0.05) is 41.5 Å². The van der Waals surface area contributed by atoms with Crippen LogP contribution in [0.2, 0.25) is 0 Å². The molecule has 0 aromatic heterocycles. The molecule has 0 aliphatic heterocycles. The quantitative estimate of drug-likeness (QED) is 0.237. The van der Waals surface area contributed by atoms with E-state index in [1.54, 1.807) is 24.3 Å². The molecule has 1 N–H and O–H groups in total. The first-order valence-electron chi connectivity index (χ1n) is 8.89. The van der Waals surface area contributed by atoms with Crippen LogP contribution in [0.4, 0.5) is 13.2 Å². The maximum atomic E-state index is 12.8. The van der Waals surface area contributed by atoms with Crippen LogP contribution in [0.1, 0.15) is 22.3 Å². The number of nitrogens with one attached hydrogen (secondary N) is 1. The Balaban J connectivity index is 1.83. The van der Waals surface area contributed by atoms with E-state index in [9.17, 15) is 18.0 Å². The molecule has 3 rings (SSSR count). The van der Waals surface area contributed by atoms with Crippen molar-refractivity contribution in [3.63, 3.8) is 0 Å². The Bertz CT molecular complexity index is 1070. The van der Waals surface area contributed by atoms with Crippen LogP contribution in [0.3, 0.4) is 0 Å². The molecule has 3 aromatic carbocycles. The SMILES string of the molecule is [N-]=[N+]=NCCCNC(=O)c1ccc2c(-c3ccc(C(F)(F)F)cc3)cccc2c1. The second kappa shape index (κ2) is 8.67. The third kappa shape index (κ3) is 4.86. The van der Waals surface area contributed by atoms with Gasteiger partial charge in [0.05, 0.1) is 5.56 Å². The minimum Gasteiger partial charge on any atom is -0.352 e. The number of hydrogen-bond acceptors (Lipinski definition) is 2. The highest BCUT2D eigenvalue weighted by atomic mass is 19.4. The lowest BCUT2D eigenvalue weighted by molar-refractivity contribution is -0.137. The lowest BCUT2D eigenvalue weighted by Crippen LogP contribution is -2.24. The molecule has 0 unspecified atom stereocenters. The van der Waals surface area contributed by atoms with Gasteiger partial charge in [-0.15, -0.1) is 0 Å². The lowest BCUT2D eigenvalue weighted by Gasteiger charge is -2.11. The van der Waals surface area contributed by atoms with E-state index in [1.165, 1.54) is 12.1 Å². The molecule has 0 atom stereocenters. The summed E-state index contributed by atoms with van der Waals surface area (Å²) in [6.07, 6.45) is -3.83. The topological polar surface area (TPSA) is 77.9 Å². The fourth-order valence-electron chi connectivity index (χ4n) is 3.01. The van der Waals surface area contributed by atoms with E-state index in [0.717, 1.165) is 28.5 Å². The standard InChI is InChI=1S/C21H17F3N4O/c22-21(23,24)17-8-5-14(6-9-17)18-4-1-3-15-13-16(7-10-19(15)18)20(29)26-11-2-12-27-28-25/h1,3-10,13H,2,11-12H2,(H,26,29). The molecule has 148 valence electrons. The molecule has 0 fully saturated rings. The van der Waals surface area contributed by atoms with Gasteiger partial charge in [0.2, 0.25) is 0 Å². The van der Waals surface area contributed by atoms with Crippen molar-refractivity contribution in [2.75, 3.05) is 13.1 Å². The van der Waals surface area contributed by atoms with Crippen LogP contribution in [0.25, 0.3) is 32.3 Å². The minimum atomic E-state index is -4.37. The third-order valence-corrected chi connectivity index (χ3v) is 4.45. The van der Waals surface area contributed by atoms with E-state index < -0.39 is 11.7 Å². The summed E-state index contributed by atoms with van der Waals surface area (Å²) in [5.74, 6) is -0.243. The molecule has 0 aliphatic carbocycles. The maximum absolute atomic E-state index is 12.8. The molecule has 0 spiro atoms. The van der Waals surface area contributed by atoms with Crippen molar-refractivity contribution in [2.24, 2.45) is 5.11 Å². The second-order valence-corrected chi connectivity index (χ2v) is 6.38. The molecule has 8 heteroatoms. The monoisotopic (exact) mass is 398 g/mol. The molecule has 0 saturated heterocycles. The summed E-state index contributed by atoms with van der Waals surface area (Å²) in [6.45, 7) is 0.701. The zero-order chi connectivity index (χ0) is 20.9. The summed E-state index contributed by atoms with van der Waals surface area (Å²) >= 11 is 0. The van der Waals surface area contributed by atoms with Gasteiger partial charge in [0.1, 0.15) is 0 Å². The van der Waals surface area contributed by atoms with Crippen molar-refractivity contribution in [3.05, 3.63) is 82.2 Å². The first-order chi connectivity index (χ1) is 13.9. The first kappa shape index (κ1) is 20.2. The van der Waals surface area contributed by atoms with Crippen LogP contribution < -0.4 is 5.32 Å². The molecule has 0 heterocycles. The van der Waals surface area contributed by atoms with Gasteiger partial charge in [-0.05, 0) is 58.1 Å². The van der Waals surface area contributed by atoms with E-state index in [1.807, 2.05) is 12.1 Å². The number of fused-ring (bicyclic) bond motifs is 1. The van der Waals surface area contributed by atoms with Gasteiger partial charge in [0.25, 0.3) is 5.91 Å². The Morgan fingerprint density at radius 1 is 1.07 bits per heavy atom. The summed E-state index contributed by atoms with van der Waals surface area (Å²) in [5.41, 5.74) is 9.47.